The second kappa shape index (κ2) is 7.34. The molecule has 1 heterocycles. The van der Waals surface area contributed by atoms with Crippen molar-refractivity contribution in [1.29, 1.82) is 0 Å². The van der Waals surface area contributed by atoms with Crippen molar-refractivity contribution in [2.24, 2.45) is 0 Å². The molecule has 1 N–H and O–H groups in total. The van der Waals surface area contributed by atoms with Crippen LogP contribution in [0.15, 0.2) is 30.5 Å². The lowest BCUT2D eigenvalue weighted by atomic mass is 10.1. The van der Waals surface area contributed by atoms with E-state index in [0.29, 0.717) is 12.2 Å². The molecule has 1 aromatic heterocycles. The molecule has 0 bridgehead atoms. The average molecular weight is 338 g/mol. The Bertz CT molecular complexity index is 768. The maximum atomic E-state index is 11.2. The molecule has 0 spiro atoms. The Balaban J connectivity index is 1.98. The molecule has 8 nitrogen and oxygen atoms in total. The van der Waals surface area contributed by atoms with E-state index < -0.39 is 10.0 Å². The van der Waals surface area contributed by atoms with E-state index in [1.807, 2.05) is 24.3 Å². The minimum atomic E-state index is -3.21. The molecule has 1 aromatic carbocycles. The number of ether oxygens (including phenoxy) is 1. The van der Waals surface area contributed by atoms with Crippen LogP contribution in [-0.2, 0) is 32.5 Å². The topological polar surface area (TPSA) is 103 Å². The van der Waals surface area contributed by atoms with Crippen LogP contribution >= 0.6 is 0 Å². The number of methoxy groups -OCH3 is 1. The molecule has 0 fully saturated rings. The van der Waals surface area contributed by atoms with Crippen LogP contribution in [0.25, 0.3) is 11.3 Å². The van der Waals surface area contributed by atoms with Crippen LogP contribution in [0.2, 0.25) is 0 Å². The number of carbonyl (C=O) groups excluding carboxylic acids is 1. The summed E-state index contributed by atoms with van der Waals surface area (Å²) in [6.45, 7) is 0.639. The van der Waals surface area contributed by atoms with Gasteiger partial charge in [-0.25, -0.2) is 13.1 Å². The maximum absolute atomic E-state index is 11.2. The number of hydrogen-bond acceptors (Lipinski definition) is 6. The number of nitrogens with zero attached hydrogens (tertiary/aromatic N) is 3. The van der Waals surface area contributed by atoms with E-state index in [-0.39, 0.29) is 18.9 Å². The van der Waals surface area contributed by atoms with E-state index in [0.717, 1.165) is 17.4 Å². The maximum Gasteiger partial charge on any atom is 0.309 e. The van der Waals surface area contributed by atoms with Crippen LogP contribution in [0.3, 0.4) is 0 Å². The molecule has 2 aromatic rings. The second-order valence-electron chi connectivity index (χ2n) is 4.98. The van der Waals surface area contributed by atoms with E-state index >= 15 is 0 Å². The molecule has 23 heavy (non-hydrogen) atoms. The Kier molecular flexibility index (Phi) is 5.45. The summed E-state index contributed by atoms with van der Waals surface area (Å²) in [6.07, 6.45) is 3.07. The molecule has 0 saturated heterocycles. The predicted molar refractivity (Wildman–Crippen MR) is 84.0 cm³/mol. The molecule has 0 aliphatic carbocycles. The van der Waals surface area contributed by atoms with E-state index in [1.54, 1.807) is 10.9 Å². The molecule has 0 atom stereocenters. The highest BCUT2D eigenvalue weighted by molar-refractivity contribution is 7.88. The van der Waals surface area contributed by atoms with Gasteiger partial charge in [-0.3, -0.25) is 9.48 Å². The summed E-state index contributed by atoms with van der Waals surface area (Å²) in [5.74, 6) is -0.290. The van der Waals surface area contributed by atoms with Gasteiger partial charge in [-0.15, -0.1) is 5.10 Å². The van der Waals surface area contributed by atoms with Crippen LogP contribution < -0.4 is 4.72 Å². The van der Waals surface area contributed by atoms with Gasteiger partial charge < -0.3 is 4.74 Å². The van der Waals surface area contributed by atoms with Gasteiger partial charge in [0.25, 0.3) is 0 Å². The summed E-state index contributed by atoms with van der Waals surface area (Å²) < 4.78 is 30.6. The first-order valence-electron chi connectivity index (χ1n) is 6.88. The highest BCUT2D eigenvalue weighted by Gasteiger charge is 2.07. The monoisotopic (exact) mass is 338 g/mol. The van der Waals surface area contributed by atoms with Crippen molar-refractivity contribution in [3.05, 3.63) is 36.0 Å². The Morgan fingerprint density at radius 1 is 1.30 bits per heavy atom. The van der Waals surface area contributed by atoms with Gasteiger partial charge in [0.2, 0.25) is 10.0 Å². The largest absolute Gasteiger partial charge is 0.469 e. The molecule has 9 heteroatoms. The molecule has 0 aliphatic rings. The van der Waals surface area contributed by atoms with E-state index in [1.165, 1.54) is 7.11 Å². The van der Waals surface area contributed by atoms with Crippen LogP contribution in [-0.4, -0.2) is 49.3 Å². The van der Waals surface area contributed by atoms with Crippen molar-refractivity contribution < 1.29 is 17.9 Å². The summed E-state index contributed by atoms with van der Waals surface area (Å²) in [6, 6.07) is 7.36. The first kappa shape index (κ1) is 17.1. The van der Waals surface area contributed by atoms with Gasteiger partial charge in [0.1, 0.15) is 5.69 Å². The van der Waals surface area contributed by atoms with Crippen LogP contribution in [0, 0.1) is 0 Å². The number of nitrogens with one attached hydrogen (secondary N) is 1. The van der Waals surface area contributed by atoms with Gasteiger partial charge in [-0.2, -0.15) is 0 Å². The molecular weight excluding hydrogens is 320 g/mol. The molecule has 0 unspecified atom stereocenters. The first-order chi connectivity index (χ1) is 10.9. The molecule has 2 rings (SSSR count). The van der Waals surface area contributed by atoms with Crippen molar-refractivity contribution in [2.75, 3.05) is 19.9 Å². The average Bonchev–Trinajstić information content (AvgIpc) is 2.95. The SMILES string of the molecule is COC(=O)Cc1ccc(-c2cn(CCNS(C)(=O)=O)nn2)cc1. The Morgan fingerprint density at radius 2 is 2.00 bits per heavy atom. The van der Waals surface area contributed by atoms with Crippen LogP contribution in [0.1, 0.15) is 5.56 Å². The molecule has 0 saturated carbocycles. The lowest BCUT2D eigenvalue weighted by Gasteiger charge is -2.02. The summed E-state index contributed by atoms with van der Waals surface area (Å²) in [4.78, 5) is 11.2. The van der Waals surface area contributed by atoms with Crippen LogP contribution in [0.5, 0.6) is 0 Å². The Morgan fingerprint density at radius 3 is 2.61 bits per heavy atom. The number of aromatic nitrogens is 3. The minimum Gasteiger partial charge on any atom is -0.469 e. The zero-order chi connectivity index (χ0) is 16.9. The molecule has 124 valence electrons. The van der Waals surface area contributed by atoms with Crippen molar-refractivity contribution in [3.63, 3.8) is 0 Å². The van der Waals surface area contributed by atoms with Gasteiger partial charge in [-0.1, -0.05) is 29.5 Å². The van der Waals surface area contributed by atoms with E-state index in [2.05, 4.69) is 19.8 Å². The first-order valence-corrected chi connectivity index (χ1v) is 8.77. The molecular formula is C14H18N4O4S. The molecule has 0 aliphatic heterocycles. The summed E-state index contributed by atoms with van der Waals surface area (Å²) in [5, 5.41) is 8.01. The molecule has 0 amide bonds. The Labute approximate surface area is 134 Å². The molecule has 0 radical (unpaired) electrons. The number of hydrogen-bond donors (Lipinski definition) is 1. The van der Waals surface area contributed by atoms with Crippen molar-refractivity contribution in [1.82, 2.24) is 19.7 Å². The van der Waals surface area contributed by atoms with Gasteiger partial charge in [-0.05, 0) is 5.56 Å². The number of benzene rings is 1. The normalized spacial score (nSPS) is 11.4. The fourth-order valence-corrected chi connectivity index (χ4v) is 2.38. The van der Waals surface area contributed by atoms with Crippen molar-refractivity contribution in [2.45, 2.75) is 13.0 Å². The summed E-state index contributed by atoms with van der Waals surface area (Å²) in [7, 11) is -1.85. The number of rotatable bonds is 7. The Hall–Kier alpha value is -2.26. The summed E-state index contributed by atoms with van der Waals surface area (Å²) >= 11 is 0. The fraction of sp³-hybridized carbons (Fsp3) is 0.357. The van der Waals surface area contributed by atoms with Gasteiger partial charge in [0, 0.05) is 12.1 Å². The predicted octanol–water partition coefficient (Wildman–Crippen LogP) is 0.210. The quantitative estimate of drug-likeness (QED) is 0.724. The van der Waals surface area contributed by atoms with Crippen molar-refractivity contribution >= 4 is 16.0 Å². The third-order valence-electron chi connectivity index (χ3n) is 3.07. The fourth-order valence-electron chi connectivity index (χ4n) is 1.92. The van der Waals surface area contributed by atoms with Gasteiger partial charge in [0.15, 0.2) is 0 Å². The third kappa shape index (κ3) is 5.46. The van der Waals surface area contributed by atoms with Gasteiger partial charge >= 0.3 is 5.97 Å². The lowest BCUT2D eigenvalue weighted by Crippen LogP contribution is -2.26. The number of carbonyl (C=O) groups is 1. The highest BCUT2D eigenvalue weighted by atomic mass is 32.2. The van der Waals surface area contributed by atoms with E-state index in [4.69, 9.17) is 0 Å². The zero-order valence-corrected chi connectivity index (χ0v) is 13.7. The third-order valence-corrected chi connectivity index (χ3v) is 3.80. The second-order valence-corrected chi connectivity index (χ2v) is 6.82. The van der Waals surface area contributed by atoms with Gasteiger partial charge in [0.05, 0.1) is 32.5 Å². The highest BCUT2D eigenvalue weighted by Crippen LogP contribution is 2.17. The standard InChI is InChI=1S/C14H18N4O4S/c1-22-14(19)9-11-3-5-12(6-4-11)13-10-18(17-16-13)8-7-15-23(2,20)21/h3-6,10,15H,7-9H2,1-2H3. The lowest BCUT2D eigenvalue weighted by molar-refractivity contribution is -0.139. The summed E-state index contributed by atoms with van der Waals surface area (Å²) in [5.41, 5.74) is 2.39. The van der Waals surface area contributed by atoms with E-state index in [9.17, 15) is 13.2 Å². The number of sulfonamides is 1. The smallest absolute Gasteiger partial charge is 0.309 e. The number of esters is 1. The minimum absolute atomic E-state index is 0.223. The zero-order valence-electron chi connectivity index (χ0n) is 12.9. The van der Waals surface area contributed by atoms with Crippen molar-refractivity contribution in [3.8, 4) is 11.3 Å². The van der Waals surface area contributed by atoms with Crippen LogP contribution in [0.4, 0.5) is 0 Å².